The Morgan fingerprint density at radius 2 is 1.77 bits per heavy atom. The molecule has 0 unspecified atom stereocenters. The molecule has 180 valence electrons. The fraction of sp³-hybridized carbons (Fsp3) is 0.231. The van der Waals surface area contributed by atoms with Crippen molar-refractivity contribution in [2.24, 2.45) is 0 Å². The van der Waals surface area contributed by atoms with Gasteiger partial charge in [0.1, 0.15) is 29.6 Å². The number of nitrogens with two attached hydrogens (primary N) is 1. The maximum Gasteiger partial charge on any atom is 0.407 e. The van der Waals surface area contributed by atoms with Gasteiger partial charge in [-0.25, -0.2) is 14.8 Å². The number of nitrogens with one attached hydrogen (secondary N) is 2. The van der Waals surface area contributed by atoms with Gasteiger partial charge in [-0.3, -0.25) is 4.98 Å². The number of ether oxygens (including phenoxy) is 2. The number of nitrogen functional groups attached to an aromatic ring is 1. The van der Waals surface area contributed by atoms with Gasteiger partial charge in [-0.1, -0.05) is 24.3 Å². The summed E-state index contributed by atoms with van der Waals surface area (Å²) in [7, 11) is 0. The minimum absolute atomic E-state index is 0.215. The summed E-state index contributed by atoms with van der Waals surface area (Å²) < 4.78 is 11.3. The Bertz CT molecular complexity index is 1320. The third-order valence-electron chi connectivity index (χ3n) is 4.91. The highest BCUT2D eigenvalue weighted by Crippen LogP contribution is 2.30. The van der Waals surface area contributed by atoms with E-state index in [0.29, 0.717) is 23.9 Å². The second kappa shape index (κ2) is 10.3. The number of rotatable bonds is 7. The number of pyridine rings is 1. The number of amides is 1. The Morgan fingerprint density at radius 1 is 0.971 bits per heavy atom. The second-order valence-corrected chi connectivity index (χ2v) is 8.91. The molecule has 2 aromatic heterocycles. The van der Waals surface area contributed by atoms with Crippen molar-refractivity contribution in [3.63, 3.8) is 0 Å². The van der Waals surface area contributed by atoms with Gasteiger partial charge in [-0.05, 0) is 50.6 Å². The lowest BCUT2D eigenvalue weighted by Crippen LogP contribution is -2.32. The van der Waals surface area contributed by atoms with Crippen LogP contribution in [0, 0.1) is 0 Å². The van der Waals surface area contributed by atoms with E-state index in [-0.39, 0.29) is 6.54 Å². The van der Waals surface area contributed by atoms with Crippen molar-refractivity contribution in [3.8, 4) is 5.75 Å². The minimum atomic E-state index is -0.557. The smallest absolute Gasteiger partial charge is 0.407 e. The van der Waals surface area contributed by atoms with Gasteiger partial charge in [0.25, 0.3) is 0 Å². The van der Waals surface area contributed by atoms with Crippen LogP contribution in [0.3, 0.4) is 0 Å². The van der Waals surface area contributed by atoms with Gasteiger partial charge in [0.2, 0.25) is 0 Å². The molecule has 9 nitrogen and oxygen atoms in total. The van der Waals surface area contributed by atoms with Crippen LogP contribution in [0.15, 0.2) is 67.1 Å². The molecule has 0 aliphatic carbocycles. The summed E-state index contributed by atoms with van der Waals surface area (Å²) in [5, 5.41) is 7.72. The van der Waals surface area contributed by atoms with E-state index >= 15 is 0 Å². The van der Waals surface area contributed by atoms with Crippen LogP contribution < -0.4 is 21.1 Å². The first-order valence-corrected chi connectivity index (χ1v) is 11.2. The molecule has 1 amide bonds. The molecule has 2 aromatic carbocycles. The molecule has 0 fully saturated rings. The zero-order chi connectivity index (χ0) is 24.8. The van der Waals surface area contributed by atoms with E-state index < -0.39 is 11.7 Å². The lowest BCUT2D eigenvalue weighted by atomic mass is 10.1. The van der Waals surface area contributed by atoms with E-state index in [2.05, 4.69) is 25.6 Å². The molecule has 0 atom stereocenters. The number of benzene rings is 2. The Balaban J connectivity index is 1.35. The maximum absolute atomic E-state index is 11.8. The molecule has 9 heteroatoms. The van der Waals surface area contributed by atoms with E-state index in [9.17, 15) is 4.79 Å². The van der Waals surface area contributed by atoms with Crippen molar-refractivity contribution in [1.82, 2.24) is 20.3 Å². The van der Waals surface area contributed by atoms with Crippen LogP contribution in [0.5, 0.6) is 5.75 Å². The highest BCUT2D eigenvalue weighted by Gasteiger charge is 2.16. The number of carbonyl (C=O) groups is 1. The summed E-state index contributed by atoms with van der Waals surface area (Å²) in [6.45, 7) is 6.00. The maximum atomic E-state index is 11.8. The Hall–Kier alpha value is -4.40. The van der Waals surface area contributed by atoms with Crippen molar-refractivity contribution in [1.29, 1.82) is 0 Å². The van der Waals surface area contributed by atoms with Crippen LogP contribution in [0.1, 0.15) is 32.0 Å². The van der Waals surface area contributed by atoms with Gasteiger partial charge in [0.15, 0.2) is 0 Å². The number of carbonyl (C=O) groups excluding carboxylic acids is 1. The van der Waals surface area contributed by atoms with Crippen molar-refractivity contribution in [2.75, 3.05) is 11.1 Å². The standard InChI is InChI=1S/C26H28N6O3/c1-26(2,3)35-25(33)31-14-18-13-30-24(15-29-18)32-23-12-17(10-11-28-23)16-34-22-9-8-21(27)19-6-4-5-7-20(19)22/h4-13,15H,14,16,27H2,1-3H3,(H,31,33)(H,28,30,32). The second-order valence-electron chi connectivity index (χ2n) is 8.91. The largest absolute Gasteiger partial charge is 0.488 e. The van der Waals surface area contributed by atoms with Gasteiger partial charge < -0.3 is 25.8 Å². The summed E-state index contributed by atoms with van der Waals surface area (Å²) in [4.78, 5) is 24.8. The number of anilines is 3. The van der Waals surface area contributed by atoms with Crippen LogP contribution in [0.4, 0.5) is 22.1 Å². The van der Waals surface area contributed by atoms with Crippen molar-refractivity contribution in [3.05, 3.63) is 78.4 Å². The fourth-order valence-electron chi connectivity index (χ4n) is 3.33. The molecule has 0 saturated carbocycles. The third kappa shape index (κ3) is 6.57. The van der Waals surface area contributed by atoms with Crippen LogP contribution in [-0.2, 0) is 17.9 Å². The van der Waals surface area contributed by atoms with E-state index in [1.165, 1.54) is 0 Å². The molecule has 0 bridgehead atoms. The van der Waals surface area contributed by atoms with Gasteiger partial charge in [0, 0.05) is 22.7 Å². The fourth-order valence-corrected chi connectivity index (χ4v) is 3.33. The first-order chi connectivity index (χ1) is 16.8. The third-order valence-corrected chi connectivity index (χ3v) is 4.91. The van der Waals surface area contributed by atoms with E-state index in [4.69, 9.17) is 15.2 Å². The molecule has 0 spiro atoms. The van der Waals surface area contributed by atoms with Gasteiger partial charge >= 0.3 is 6.09 Å². The number of nitrogens with zero attached hydrogens (tertiary/aromatic N) is 3. The first kappa shape index (κ1) is 23.7. The summed E-state index contributed by atoms with van der Waals surface area (Å²) in [6.07, 6.45) is 4.36. The predicted octanol–water partition coefficient (Wildman–Crippen LogP) is 4.95. The summed E-state index contributed by atoms with van der Waals surface area (Å²) in [5.41, 5.74) is 7.79. The predicted molar refractivity (Wildman–Crippen MR) is 135 cm³/mol. The molecular formula is C26H28N6O3. The quantitative estimate of drug-likeness (QED) is 0.323. The van der Waals surface area contributed by atoms with Crippen molar-refractivity contribution in [2.45, 2.75) is 39.5 Å². The number of hydrogen-bond acceptors (Lipinski definition) is 8. The number of fused-ring (bicyclic) bond motifs is 1. The highest BCUT2D eigenvalue weighted by atomic mass is 16.6. The van der Waals surface area contributed by atoms with E-state index in [1.807, 2.05) is 69.3 Å². The Labute approximate surface area is 203 Å². The van der Waals surface area contributed by atoms with E-state index in [1.54, 1.807) is 18.6 Å². The van der Waals surface area contributed by atoms with Gasteiger partial charge in [0.05, 0.1) is 24.6 Å². The normalized spacial score (nSPS) is 11.2. The molecule has 0 radical (unpaired) electrons. The molecule has 0 saturated heterocycles. The molecule has 4 N–H and O–H groups in total. The van der Waals surface area contributed by atoms with Crippen LogP contribution in [0.2, 0.25) is 0 Å². The summed E-state index contributed by atoms with van der Waals surface area (Å²) in [5.74, 6) is 1.91. The molecule has 0 aliphatic rings. The lowest BCUT2D eigenvalue weighted by molar-refractivity contribution is 0.0523. The SMILES string of the molecule is CC(C)(C)OC(=O)NCc1cnc(Nc2cc(COc3ccc(N)c4ccccc34)ccn2)cn1. The van der Waals surface area contributed by atoms with Crippen LogP contribution in [0.25, 0.3) is 10.8 Å². The Kier molecular flexibility index (Phi) is 6.96. The number of hydrogen-bond donors (Lipinski definition) is 3. The van der Waals surface area contributed by atoms with Crippen molar-refractivity contribution < 1.29 is 14.3 Å². The molecular weight excluding hydrogens is 444 g/mol. The van der Waals surface area contributed by atoms with Crippen LogP contribution in [-0.4, -0.2) is 26.6 Å². The molecule has 4 aromatic rings. The average molecular weight is 473 g/mol. The van der Waals surface area contributed by atoms with Crippen LogP contribution >= 0.6 is 0 Å². The molecule has 2 heterocycles. The lowest BCUT2D eigenvalue weighted by Gasteiger charge is -2.19. The zero-order valence-electron chi connectivity index (χ0n) is 19.9. The van der Waals surface area contributed by atoms with E-state index in [0.717, 1.165) is 27.8 Å². The number of aromatic nitrogens is 3. The summed E-state index contributed by atoms with van der Waals surface area (Å²) in [6, 6.07) is 15.4. The van der Waals surface area contributed by atoms with Gasteiger partial charge in [-0.2, -0.15) is 0 Å². The van der Waals surface area contributed by atoms with Crippen molar-refractivity contribution >= 4 is 34.2 Å². The monoisotopic (exact) mass is 472 g/mol. The number of alkyl carbamates (subject to hydrolysis) is 1. The highest BCUT2D eigenvalue weighted by molar-refractivity contribution is 5.96. The topological polar surface area (TPSA) is 124 Å². The zero-order valence-corrected chi connectivity index (χ0v) is 19.9. The Morgan fingerprint density at radius 3 is 2.51 bits per heavy atom. The first-order valence-electron chi connectivity index (χ1n) is 11.2. The minimum Gasteiger partial charge on any atom is -0.488 e. The van der Waals surface area contributed by atoms with Gasteiger partial charge in [-0.15, -0.1) is 0 Å². The molecule has 4 rings (SSSR count). The summed E-state index contributed by atoms with van der Waals surface area (Å²) >= 11 is 0. The average Bonchev–Trinajstić information content (AvgIpc) is 2.83. The molecule has 0 aliphatic heterocycles. The molecule has 35 heavy (non-hydrogen) atoms.